The molecule has 0 amide bonds. The highest BCUT2D eigenvalue weighted by molar-refractivity contribution is 5.35. The Morgan fingerprint density at radius 2 is 1.81 bits per heavy atom. The molecule has 1 N–H and O–H groups in total. The van der Waals surface area contributed by atoms with Crippen LogP contribution in [-0.2, 0) is 6.42 Å². The quantitative estimate of drug-likeness (QED) is 0.682. The van der Waals surface area contributed by atoms with Crippen LogP contribution in [0, 0.1) is 17.3 Å². The minimum atomic E-state index is -0.432. The molecular weight excluding hydrogens is 332 g/mol. The van der Waals surface area contributed by atoms with Gasteiger partial charge in [-0.2, -0.15) is 0 Å². The highest BCUT2D eigenvalue weighted by Crippen LogP contribution is 2.62. The van der Waals surface area contributed by atoms with Crippen molar-refractivity contribution in [2.24, 2.45) is 17.3 Å². The number of hydrogen-bond acceptors (Lipinski definition) is 2. The standard InChI is InChI=1S/C25H34O2/c1-27-19-9-7-18(8-10-19)17-24-13-4-6-22(24)20-12-16-25(26)14-3-2-5-23(25)21(20)11-15-24/h7-10,20,22,26H,2-6,11-17H2,1H3/t20-,22+,24+,25+/m1/s1. The highest BCUT2D eigenvalue weighted by atomic mass is 16.5. The van der Waals surface area contributed by atoms with Crippen LogP contribution >= 0.6 is 0 Å². The topological polar surface area (TPSA) is 29.5 Å². The maximum Gasteiger partial charge on any atom is 0.118 e. The number of hydrogen-bond donors (Lipinski definition) is 1. The van der Waals surface area contributed by atoms with Gasteiger partial charge in [0.25, 0.3) is 0 Å². The van der Waals surface area contributed by atoms with Crippen LogP contribution < -0.4 is 4.74 Å². The summed E-state index contributed by atoms with van der Waals surface area (Å²) in [6, 6.07) is 8.79. The van der Waals surface area contributed by atoms with Gasteiger partial charge >= 0.3 is 0 Å². The van der Waals surface area contributed by atoms with E-state index >= 15 is 0 Å². The van der Waals surface area contributed by atoms with Crippen molar-refractivity contribution in [2.45, 2.75) is 82.7 Å². The van der Waals surface area contributed by atoms with Gasteiger partial charge in [0.15, 0.2) is 0 Å². The molecule has 0 spiro atoms. The first-order chi connectivity index (χ1) is 13.1. The molecule has 3 fully saturated rings. The van der Waals surface area contributed by atoms with Crippen molar-refractivity contribution in [2.75, 3.05) is 7.11 Å². The van der Waals surface area contributed by atoms with E-state index in [-0.39, 0.29) is 0 Å². The summed E-state index contributed by atoms with van der Waals surface area (Å²) in [5.41, 5.74) is 4.74. The lowest BCUT2D eigenvalue weighted by molar-refractivity contribution is 0.00476. The molecule has 0 radical (unpaired) electrons. The van der Waals surface area contributed by atoms with Crippen molar-refractivity contribution in [3.05, 3.63) is 41.0 Å². The monoisotopic (exact) mass is 366 g/mol. The minimum absolute atomic E-state index is 0.432. The first kappa shape index (κ1) is 17.8. The zero-order valence-corrected chi connectivity index (χ0v) is 16.8. The van der Waals surface area contributed by atoms with Crippen molar-refractivity contribution < 1.29 is 9.84 Å². The Labute approximate surface area is 164 Å². The third-order valence-corrected chi connectivity index (χ3v) is 8.60. The van der Waals surface area contributed by atoms with Gasteiger partial charge in [0, 0.05) is 0 Å². The second kappa shape index (κ2) is 6.65. The summed E-state index contributed by atoms with van der Waals surface area (Å²) in [6.45, 7) is 0. The molecule has 3 saturated carbocycles. The van der Waals surface area contributed by atoms with Gasteiger partial charge in [-0.1, -0.05) is 24.1 Å². The Bertz CT molecular complexity index is 733. The van der Waals surface area contributed by atoms with E-state index in [0.717, 1.165) is 30.4 Å². The van der Waals surface area contributed by atoms with Crippen LogP contribution in [0.2, 0.25) is 0 Å². The highest BCUT2D eigenvalue weighted by Gasteiger charge is 2.53. The number of benzene rings is 1. The lowest BCUT2D eigenvalue weighted by atomic mass is 9.54. The van der Waals surface area contributed by atoms with E-state index in [1.54, 1.807) is 12.7 Å². The van der Waals surface area contributed by atoms with E-state index in [0.29, 0.717) is 5.41 Å². The molecule has 2 nitrogen and oxygen atoms in total. The number of fused-ring (bicyclic) bond motifs is 4. The van der Waals surface area contributed by atoms with Gasteiger partial charge in [-0.15, -0.1) is 0 Å². The average molecular weight is 367 g/mol. The maximum absolute atomic E-state index is 11.2. The fourth-order valence-corrected chi connectivity index (χ4v) is 7.36. The van der Waals surface area contributed by atoms with Gasteiger partial charge in [0.1, 0.15) is 5.75 Å². The molecule has 0 aromatic heterocycles. The summed E-state index contributed by atoms with van der Waals surface area (Å²) in [7, 11) is 1.74. The van der Waals surface area contributed by atoms with Gasteiger partial charge in [-0.05, 0) is 111 Å². The molecule has 146 valence electrons. The summed E-state index contributed by atoms with van der Waals surface area (Å²) in [5, 5.41) is 11.2. The molecule has 27 heavy (non-hydrogen) atoms. The van der Waals surface area contributed by atoms with E-state index in [9.17, 15) is 5.11 Å². The van der Waals surface area contributed by atoms with Crippen LogP contribution in [0.1, 0.15) is 76.2 Å². The van der Waals surface area contributed by atoms with E-state index in [2.05, 4.69) is 24.3 Å². The first-order valence-corrected chi connectivity index (χ1v) is 11.2. The number of rotatable bonds is 3. The SMILES string of the molecule is COc1ccc(C[C@@]23CCC[C@H]2[C@@H]2CC[C@@]4(O)CCCCC4=C2CC3)cc1. The largest absolute Gasteiger partial charge is 0.497 e. The second-order valence-electron chi connectivity index (χ2n) is 9.77. The summed E-state index contributed by atoms with van der Waals surface area (Å²) in [4.78, 5) is 0. The Hall–Kier alpha value is -1.28. The number of aliphatic hydroxyl groups is 1. The Morgan fingerprint density at radius 1 is 0.963 bits per heavy atom. The van der Waals surface area contributed by atoms with Crippen molar-refractivity contribution >= 4 is 0 Å². The smallest absolute Gasteiger partial charge is 0.118 e. The number of methoxy groups -OCH3 is 1. The lowest BCUT2D eigenvalue weighted by Crippen LogP contribution is -2.46. The molecule has 0 saturated heterocycles. The maximum atomic E-state index is 11.2. The molecule has 0 heterocycles. The Morgan fingerprint density at radius 3 is 2.63 bits per heavy atom. The zero-order valence-electron chi connectivity index (χ0n) is 16.8. The molecule has 0 aliphatic heterocycles. The molecular formula is C25H34O2. The van der Waals surface area contributed by atoms with Gasteiger partial charge < -0.3 is 9.84 Å². The minimum Gasteiger partial charge on any atom is -0.497 e. The van der Waals surface area contributed by atoms with E-state index in [1.165, 1.54) is 75.3 Å². The Balaban J connectivity index is 1.44. The predicted molar refractivity (Wildman–Crippen MR) is 109 cm³/mol. The normalized spacial score (nSPS) is 38.1. The van der Waals surface area contributed by atoms with Crippen LogP contribution in [0.5, 0.6) is 5.75 Å². The molecule has 1 aromatic rings. The molecule has 0 bridgehead atoms. The third-order valence-electron chi connectivity index (χ3n) is 8.60. The van der Waals surface area contributed by atoms with Crippen LogP contribution in [-0.4, -0.2) is 17.8 Å². The van der Waals surface area contributed by atoms with Crippen molar-refractivity contribution in [3.8, 4) is 5.75 Å². The fourth-order valence-electron chi connectivity index (χ4n) is 7.36. The van der Waals surface area contributed by atoms with E-state index in [4.69, 9.17) is 4.74 Å². The van der Waals surface area contributed by atoms with Crippen molar-refractivity contribution in [1.29, 1.82) is 0 Å². The lowest BCUT2D eigenvalue weighted by Gasteiger charge is -2.52. The van der Waals surface area contributed by atoms with Gasteiger partial charge in [-0.25, -0.2) is 0 Å². The molecule has 4 aliphatic rings. The van der Waals surface area contributed by atoms with Crippen LogP contribution in [0.25, 0.3) is 0 Å². The van der Waals surface area contributed by atoms with Crippen LogP contribution in [0.4, 0.5) is 0 Å². The van der Waals surface area contributed by atoms with Crippen LogP contribution in [0.3, 0.4) is 0 Å². The molecule has 1 aromatic carbocycles. The van der Waals surface area contributed by atoms with E-state index < -0.39 is 5.60 Å². The number of ether oxygens (including phenoxy) is 1. The van der Waals surface area contributed by atoms with Crippen molar-refractivity contribution in [1.82, 2.24) is 0 Å². The molecule has 5 rings (SSSR count). The van der Waals surface area contributed by atoms with Crippen molar-refractivity contribution in [3.63, 3.8) is 0 Å². The first-order valence-electron chi connectivity index (χ1n) is 11.2. The van der Waals surface area contributed by atoms with Crippen LogP contribution in [0.15, 0.2) is 35.4 Å². The van der Waals surface area contributed by atoms with Gasteiger partial charge in [0.05, 0.1) is 12.7 Å². The second-order valence-corrected chi connectivity index (χ2v) is 9.77. The summed E-state index contributed by atoms with van der Waals surface area (Å²) in [5.74, 6) is 2.55. The number of allylic oxidation sites excluding steroid dienone is 1. The molecule has 4 atom stereocenters. The third kappa shape index (κ3) is 2.87. The van der Waals surface area contributed by atoms with Gasteiger partial charge in [0.2, 0.25) is 0 Å². The van der Waals surface area contributed by atoms with Gasteiger partial charge in [-0.3, -0.25) is 0 Å². The van der Waals surface area contributed by atoms with E-state index in [1.807, 2.05) is 0 Å². The predicted octanol–water partition coefficient (Wildman–Crippen LogP) is 5.83. The molecule has 2 heteroatoms. The zero-order chi connectivity index (χ0) is 18.5. The molecule has 0 unspecified atom stereocenters. The summed E-state index contributed by atoms with van der Waals surface area (Å²) < 4.78 is 5.34. The Kier molecular flexibility index (Phi) is 4.39. The average Bonchev–Trinajstić information content (AvgIpc) is 3.11. The summed E-state index contributed by atoms with van der Waals surface area (Å²) >= 11 is 0. The fraction of sp³-hybridized carbons (Fsp3) is 0.680. The molecule has 4 aliphatic carbocycles. The summed E-state index contributed by atoms with van der Waals surface area (Å²) in [6.07, 6.45) is 14.9.